The predicted octanol–water partition coefficient (Wildman–Crippen LogP) is 1.18. The summed E-state index contributed by atoms with van der Waals surface area (Å²) in [5, 5.41) is 4.77. The van der Waals surface area contributed by atoms with E-state index in [1.54, 1.807) is 6.92 Å². The second-order valence-corrected chi connectivity index (χ2v) is 2.24. The van der Waals surface area contributed by atoms with Gasteiger partial charge >= 0.3 is 0 Å². The fourth-order valence-electron chi connectivity index (χ4n) is 0.531. The van der Waals surface area contributed by atoms with Crippen molar-refractivity contribution in [2.75, 3.05) is 14.1 Å². The molecule has 105 valence electrons. The molecule has 0 atom stereocenters. The van der Waals surface area contributed by atoms with E-state index in [4.69, 9.17) is 5.53 Å². The number of hydrogen-bond acceptors (Lipinski definition) is 4. The number of nitrogens with zero attached hydrogens (tertiary/aromatic N) is 4. The van der Waals surface area contributed by atoms with Crippen LogP contribution in [-0.4, -0.2) is 24.6 Å². The number of terminal acetylenes is 1. The first kappa shape index (κ1) is 29.6. The normalized spacial score (nSPS) is 9.35. The van der Waals surface area contributed by atoms with Crippen LogP contribution in [0.25, 0.3) is 10.4 Å². The van der Waals surface area contributed by atoms with Gasteiger partial charge in [0.1, 0.15) is 0 Å². The van der Waals surface area contributed by atoms with Crippen LogP contribution in [0.3, 0.4) is 0 Å². The topological polar surface area (TPSA) is 108 Å². The molecule has 17 heavy (non-hydrogen) atoms. The minimum Gasteiger partial charge on any atom is -0.412 e. The van der Waals surface area contributed by atoms with Gasteiger partial charge in [0.25, 0.3) is 0 Å². The van der Waals surface area contributed by atoms with Crippen LogP contribution in [0.1, 0.15) is 21.3 Å². The molecule has 1 heterocycles. The second kappa shape index (κ2) is 24.1. The van der Waals surface area contributed by atoms with Crippen molar-refractivity contribution in [2.24, 2.45) is 5.11 Å². The Kier molecular flexibility index (Phi) is 41.9. The second-order valence-electron chi connectivity index (χ2n) is 2.24. The van der Waals surface area contributed by atoms with Crippen molar-refractivity contribution in [3.05, 3.63) is 22.3 Å². The molecule has 0 aromatic heterocycles. The monoisotopic (exact) mass is 293 g/mol. The van der Waals surface area contributed by atoms with Crippen LogP contribution < -0.4 is 11.0 Å². The van der Waals surface area contributed by atoms with E-state index in [0.717, 1.165) is 5.70 Å². The third kappa shape index (κ3) is 31.3. The minimum absolute atomic E-state index is 0. The zero-order chi connectivity index (χ0) is 11.4. The average molecular weight is 294 g/mol. The number of hydrogen-bond donors (Lipinski definition) is 2. The van der Waals surface area contributed by atoms with Gasteiger partial charge in [-0.3, -0.25) is 5.01 Å². The molecular weight excluding hydrogens is 272 g/mol. The van der Waals surface area contributed by atoms with Gasteiger partial charge in [-0.1, -0.05) is 12.5 Å². The maximum atomic E-state index is 7.33. The van der Waals surface area contributed by atoms with Crippen LogP contribution in [0.15, 0.2) is 17.0 Å². The Hall–Kier alpha value is -1.35. The molecule has 1 radical (unpaired) electrons. The molecule has 0 fully saturated rings. The zero-order valence-corrected chi connectivity index (χ0v) is 10.7. The third-order valence-electron chi connectivity index (χ3n) is 0.906. The molecule has 0 aromatic rings. The molecule has 8 heteroatoms. The van der Waals surface area contributed by atoms with Gasteiger partial charge in [0, 0.05) is 48.0 Å². The molecule has 0 bridgehead atoms. The Balaban J connectivity index is -0.0000000429. The van der Waals surface area contributed by atoms with Gasteiger partial charge in [-0.05, 0) is 19.4 Å². The molecule has 4 N–H and O–H groups in total. The van der Waals surface area contributed by atoms with Gasteiger partial charge in [0.2, 0.25) is 0 Å². The SMILES string of the molecule is C.C#CC.CC1=CN(C)NN1.CN=[N+]=[N-].O.[Cu]. The summed E-state index contributed by atoms with van der Waals surface area (Å²) in [6.45, 7) is 3.65. The number of allylic oxidation sites excluding steroid dienone is 1. The summed E-state index contributed by atoms with van der Waals surface area (Å²) in [6, 6.07) is 0. The van der Waals surface area contributed by atoms with Crippen molar-refractivity contribution in [1.29, 1.82) is 0 Å². The summed E-state index contributed by atoms with van der Waals surface area (Å²) >= 11 is 0. The maximum absolute atomic E-state index is 7.33. The Morgan fingerprint density at radius 2 is 1.94 bits per heavy atom. The van der Waals surface area contributed by atoms with Gasteiger partial charge < -0.3 is 10.9 Å². The third-order valence-corrected chi connectivity index (χ3v) is 0.906. The van der Waals surface area contributed by atoms with Crippen LogP contribution in [0.2, 0.25) is 0 Å². The molecule has 0 aromatic carbocycles. The van der Waals surface area contributed by atoms with E-state index >= 15 is 0 Å². The quantitative estimate of drug-likeness (QED) is 0.230. The molecule has 0 aliphatic carbocycles. The largest absolute Gasteiger partial charge is 0.412 e. The van der Waals surface area contributed by atoms with Crippen LogP contribution in [0, 0.1) is 12.3 Å². The van der Waals surface area contributed by atoms with Gasteiger partial charge in [0.15, 0.2) is 0 Å². The van der Waals surface area contributed by atoms with E-state index in [1.807, 2.05) is 25.2 Å². The summed E-state index contributed by atoms with van der Waals surface area (Å²) < 4.78 is 0. The van der Waals surface area contributed by atoms with Crippen LogP contribution in [0.4, 0.5) is 0 Å². The smallest absolute Gasteiger partial charge is 0.0422 e. The molecular formula is C9H22CuN6O. The van der Waals surface area contributed by atoms with Gasteiger partial charge in [-0.15, -0.1) is 17.9 Å². The molecule has 1 aliphatic rings. The maximum Gasteiger partial charge on any atom is 0.0422 e. The molecule has 0 unspecified atom stereocenters. The van der Waals surface area contributed by atoms with Gasteiger partial charge in [-0.2, -0.15) is 0 Å². The first-order valence-electron chi connectivity index (χ1n) is 3.85. The van der Waals surface area contributed by atoms with Crippen molar-refractivity contribution in [2.45, 2.75) is 21.3 Å². The summed E-state index contributed by atoms with van der Waals surface area (Å²) in [5.41, 5.74) is 14.2. The Bertz CT molecular complexity index is 257. The molecule has 7 nitrogen and oxygen atoms in total. The predicted molar refractivity (Wildman–Crippen MR) is 67.7 cm³/mol. The molecule has 0 spiro atoms. The number of hydrazine groups is 2. The van der Waals surface area contributed by atoms with E-state index in [0.29, 0.717) is 0 Å². The standard InChI is InChI=1S/C4H9N3.C3H4.CH3N3.CH4.Cu.H2O/c1-4-3-7(2)6-5-4;1-3-2;1-3-4-2;;;/h3,5-6H,1-2H3;1H,2H3;1H3;1H4;;1H2. The fraction of sp³-hybridized carbons (Fsp3) is 0.556. The van der Waals surface area contributed by atoms with E-state index in [2.05, 4.69) is 33.3 Å². The minimum atomic E-state index is 0. The number of azide groups is 1. The Morgan fingerprint density at radius 3 is 2.00 bits per heavy atom. The Morgan fingerprint density at radius 1 is 1.59 bits per heavy atom. The molecule has 0 saturated heterocycles. The van der Waals surface area contributed by atoms with Gasteiger partial charge in [-0.25, -0.2) is 0 Å². The van der Waals surface area contributed by atoms with Crippen LogP contribution in [-0.2, 0) is 17.1 Å². The van der Waals surface area contributed by atoms with Crippen molar-refractivity contribution < 1.29 is 22.5 Å². The first-order valence-corrected chi connectivity index (χ1v) is 3.85. The van der Waals surface area contributed by atoms with E-state index in [9.17, 15) is 0 Å². The molecule has 1 aliphatic heterocycles. The van der Waals surface area contributed by atoms with Gasteiger partial charge in [0.05, 0.1) is 0 Å². The van der Waals surface area contributed by atoms with E-state index in [-0.39, 0.29) is 30.0 Å². The van der Waals surface area contributed by atoms with Crippen molar-refractivity contribution >= 4 is 0 Å². The summed E-state index contributed by atoms with van der Waals surface area (Å²) in [7, 11) is 3.32. The van der Waals surface area contributed by atoms with Crippen molar-refractivity contribution in [1.82, 2.24) is 16.0 Å². The summed E-state index contributed by atoms with van der Waals surface area (Å²) in [6.07, 6.45) is 6.57. The van der Waals surface area contributed by atoms with Crippen molar-refractivity contribution in [3.63, 3.8) is 0 Å². The summed E-state index contributed by atoms with van der Waals surface area (Å²) in [5.74, 6) is 2.25. The summed E-state index contributed by atoms with van der Waals surface area (Å²) in [4.78, 5) is 2.36. The number of rotatable bonds is 0. The van der Waals surface area contributed by atoms with E-state index < -0.39 is 0 Å². The van der Waals surface area contributed by atoms with Crippen molar-refractivity contribution in [3.8, 4) is 12.3 Å². The van der Waals surface area contributed by atoms with Crippen LogP contribution >= 0.6 is 0 Å². The van der Waals surface area contributed by atoms with Crippen LogP contribution in [0.5, 0.6) is 0 Å². The molecule has 1 rings (SSSR count). The zero-order valence-electron chi connectivity index (χ0n) is 9.75. The molecule has 0 amide bonds. The van der Waals surface area contributed by atoms with E-state index in [1.165, 1.54) is 7.05 Å². The first-order chi connectivity index (χ1) is 6.62. The average Bonchev–Trinajstić information content (AvgIpc) is 2.52. The number of nitrogens with one attached hydrogen (secondary N) is 2. The Labute approximate surface area is 114 Å². The molecule has 0 saturated carbocycles. The fourth-order valence-corrected chi connectivity index (χ4v) is 0.531.